The molecule has 10 heteroatoms. The van der Waals surface area contributed by atoms with E-state index in [1.165, 1.54) is 34.3 Å². The number of fused-ring (bicyclic) bond motifs is 2. The number of rotatable bonds is 8. The van der Waals surface area contributed by atoms with Gasteiger partial charge in [0.05, 0.1) is 29.4 Å². The fourth-order valence-corrected chi connectivity index (χ4v) is 6.39. The van der Waals surface area contributed by atoms with Crippen molar-refractivity contribution in [2.24, 2.45) is 0 Å². The lowest BCUT2D eigenvalue weighted by molar-refractivity contribution is -0.115. The van der Waals surface area contributed by atoms with Crippen LogP contribution in [0.1, 0.15) is 47.0 Å². The molecule has 0 atom stereocenters. The molecule has 0 aliphatic heterocycles. The molecule has 1 N–H and O–H groups in total. The van der Waals surface area contributed by atoms with Crippen molar-refractivity contribution in [2.75, 3.05) is 17.7 Å². The van der Waals surface area contributed by atoms with Gasteiger partial charge in [-0.25, -0.2) is 19.4 Å². The Morgan fingerprint density at radius 1 is 1.17 bits per heavy atom. The van der Waals surface area contributed by atoms with Crippen LogP contribution in [0, 0.1) is 0 Å². The summed E-state index contributed by atoms with van der Waals surface area (Å²) in [6.45, 7) is 2.10. The maximum atomic E-state index is 12.8. The smallest absolute Gasteiger partial charge is 0.341 e. The number of hydrogen-bond donors (Lipinski definition) is 1. The van der Waals surface area contributed by atoms with Gasteiger partial charge >= 0.3 is 5.97 Å². The second-order valence-electron chi connectivity index (χ2n) is 8.09. The van der Waals surface area contributed by atoms with Gasteiger partial charge in [0, 0.05) is 17.1 Å². The molecule has 180 valence electrons. The summed E-state index contributed by atoms with van der Waals surface area (Å²) in [6.07, 6.45) is 7.51. The third kappa shape index (κ3) is 4.94. The Morgan fingerprint density at radius 2 is 2.00 bits per heavy atom. The minimum absolute atomic E-state index is 0.132. The number of carbonyl (C=O) groups excluding carboxylic acids is 2. The van der Waals surface area contributed by atoms with E-state index in [-0.39, 0.29) is 18.3 Å². The molecule has 1 aromatic carbocycles. The molecular formula is C25H25N5O3S2. The maximum absolute atomic E-state index is 12.8. The Kier molecular flexibility index (Phi) is 7.10. The van der Waals surface area contributed by atoms with Crippen molar-refractivity contribution in [3.8, 4) is 5.69 Å². The van der Waals surface area contributed by atoms with Crippen LogP contribution in [0.3, 0.4) is 0 Å². The van der Waals surface area contributed by atoms with E-state index in [1.807, 2.05) is 30.3 Å². The highest BCUT2D eigenvalue weighted by Gasteiger charge is 2.27. The summed E-state index contributed by atoms with van der Waals surface area (Å²) in [6, 6.07) is 9.81. The van der Waals surface area contributed by atoms with Gasteiger partial charge in [-0.3, -0.25) is 4.79 Å². The molecular weight excluding hydrogens is 482 g/mol. The molecule has 5 rings (SSSR count). The molecule has 0 radical (unpaired) electrons. The number of carbonyl (C=O) groups is 2. The second-order valence-corrected chi connectivity index (χ2v) is 10.3. The number of benzene rings is 1. The highest BCUT2D eigenvalue weighted by molar-refractivity contribution is 7.99. The van der Waals surface area contributed by atoms with Crippen molar-refractivity contribution < 1.29 is 14.3 Å². The number of nitrogens with one attached hydrogen (secondary N) is 1. The molecule has 3 aromatic heterocycles. The number of ether oxygens (including phenoxy) is 1. The summed E-state index contributed by atoms with van der Waals surface area (Å²) in [7, 11) is 0. The molecule has 0 unspecified atom stereocenters. The van der Waals surface area contributed by atoms with E-state index in [0.29, 0.717) is 22.9 Å². The second kappa shape index (κ2) is 10.6. The summed E-state index contributed by atoms with van der Waals surface area (Å²) in [5.41, 5.74) is 3.23. The number of hydrogen-bond acceptors (Lipinski definition) is 8. The number of aromatic nitrogens is 4. The molecule has 0 fully saturated rings. The minimum Gasteiger partial charge on any atom is -0.462 e. The van der Waals surface area contributed by atoms with Gasteiger partial charge in [-0.15, -0.1) is 23.1 Å². The number of thioether (sulfide) groups is 1. The number of amides is 1. The van der Waals surface area contributed by atoms with Crippen molar-refractivity contribution in [2.45, 2.75) is 44.1 Å². The number of aryl methyl sites for hydroxylation is 1. The minimum atomic E-state index is -0.351. The first-order chi connectivity index (χ1) is 17.2. The van der Waals surface area contributed by atoms with Crippen LogP contribution >= 0.6 is 23.1 Å². The van der Waals surface area contributed by atoms with E-state index in [1.54, 1.807) is 17.8 Å². The van der Waals surface area contributed by atoms with Crippen molar-refractivity contribution in [1.82, 2.24) is 19.7 Å². The number of nitrogens with zero attached hydrogens (tertiary/aromatic N) is 4. The van der Waals surface area contributed by atoms with Gasteiger partial charge in [0.1, 0.15) is 16.4 Å². The van der Waals surface area contributed by atoms with Crippen LogP contribution in [0.5, 0.6) is 0 Å². The van der Waals surface area contributed by atoms with Gasteiger partial charge in [-0.1, -0.05) is 18.2 Å². The monoisotopic (exact) mass is 507 g/mol. The lowest BCUT2D eigenvalue weighted by atomic mass is 9.95. The Hall–Kier alpha value is -3.24. The lowest BCUT2D eigenvalue weighted by Gasteiger charge is -2.12. The molecule has 1 aliphatic carbocycles. The molecule has 35 heavy (non-hydrogen) atoms. The van der Waals surface area contributed by atoms with Crippen LogP contribution in [0.4, 0.5) is 5.00 Å². The molecule has 0 spiro atoms. The molecule has 4 aromatic rings. The van der Waals surface area contributed by atoms with Crippen LogP contribution in [-0.4, -0.2) is 44.0 Å². The summed E-state index contributed by atoms with van der Waals surface area (Å²) >= 11 is 3.00. The third-order valence-corrected chi connectivity index (χ3v) is 8.02. The number of anilines is 1. The van der Waals surface area contributed by atoms with E-state index >= 15 is 0 Å². The quantitative estimate of drug-likeness (QED) is 0.202. The molecule has 0 bridgehead atoms. The Morgan fingerprint density at radius 3 is 2.83 bits per heavy atom. The molecule has 1 aliphatic rings. The summed E-state index contributed by atoms with van der Waals surface area (Å²) in [5.74, 6) is 0.0520. The third-order valence-electron chi connectivity index (χ3n) is 5.80. The molecule has 1 amide bonds. The number of esters is 1. The topological polar surface area (TPSA) is 99.0 Å². The van der Waals surface area contributed by atoms with Crippen molar-refractivity contribution >= 4 is 51.0 Å². The SMILES string of the molecule is CCOC(=O)c1c(NC(=O)CCSc2ncnc3c2cnn3-c2ccccc2)sc2c1CCCC2. The first-order valence-corrected chi connectivity index (χ1v) is 13.4. The highest BCUT2D eigenvalue weighted by Crippen LogP contribution is 2.38. The lowest BCUT2D eigenvalue weighted by Crippen LogP contribution is -2.16. The molecule has 3 heterocycles. The normalized spacial score (nSPS) is 12.9. The van der Waals surface area contributed by atoms with Crippen LogP contribution < -0.4 is 5.32 Å². The molecule has 8 nitrogen and oxygen atoms in total. The largest absolute Gasteiger partial charge is 0.462 e. The fraction of sp³-hybridized carbons (Fsp3) is 0.320. The van der Waals surface area contributed by atoms with Crippen molar-refractivity contribution in [3.05, 3.63) is 58.9 Å². The van der Waals surface area contributed by atoms with E-state index in [9.17, 15) is 9.59 Å². The summed E-state index contributed by atoms with van der Waals surface area (Å²) < 4.78 is 7.06. The zero-order valence-corrected chi connectivity index (χ0v) is 21.0. The zero-order chi connectivity index (χ0) is 24.2. The average Bonchev–Trinajstić information content (AvgIpc) is 3.46. The first-order valence-electron chi connectivity index (χ1n) is 11.6. The Bertz CT molecular complexity index is 1370. The predicted octanol–water partition coefficient (Wildman–Crippen LogP) is 5.05. The van der Waals surface area contributed by atoms with Gasteiger partial charge in [-0.2, -0.15) is 5.10 Å². The number of thiophene rings is 1. The van der Waals surface area contributed by atoms with Gasteiger partial charge in [-0.05, 0) is 50.3 Å². The van der Waals surface area contributed by atoms with Crippen molar-refractivity contribution in [1.29, 1.82) is 0 Å². The summed E-state index contributed by atoms with van der Waals surface area (Å²) in [5, 5.41) is 9.69. The van der Waals surface area contributed by atoms with Gasteiger partial charge in [0.2, 0.25) is 5.91 Å². The van der Waals surface area contributed by atoms with Crippen LogP contribution in [0.25, 0.3) is 16.7 Å². The van der Waals surface area contributed by atoms with Crippen LogP contribution in [0.2, 0.25) is 0 Å². The Balaban J connectivity index is 1.26. The van der Waals surface area contributed by atoms with E-state index in [4.69, 9.17) is 4.74 Å². The zero-order valence-electron chi connectivity index (χ0n) is 19.3. The predicted molar refractivity (Wildman–Crippen MR) is 138 cm³/mol. The first kappa shape index (κ1) is 23.5. The molecule has 0 saturated heterocycles. The fourth-order valence-electron chi connectivity index (χ4n) is 4.20. The van der Waals surface area contributed by atoms with E-state index in [2.05, 4.69) is 20.4 Å². The molecule has 0 saturated carbocycles. The maximum Gasteiger partial charge on any atom is 0.341 e. The standard InChI is InChI=1S/C25H25N5O3S2/c1-2-33-25(32)21-17-10-6-7-11-19(17)35-24(21)29-20(31)12-13-34-23-18-14-28-30(22(18)26-15-27-23)16-8-4-3-5-9-16/h3-5,8-9,14-15H,2,6-7,10-13H2,1H3,(H,29,31). The average molecular weight is 508 g/mol. The van der Waals surface area contributed by atoms with Crippen LogP contribution in [-0.2, 0) is 22.4 Å². The van der Waals surface area contributed by atoms with Gasteiger partial charge in [0.15, 0.2) is 5.65 Å². The van der Waals surface area contributed by atoms with E-state index < -0.39 is 0 Å². The van der Waals surface area contributed by atoms with Crippen molar-refractivity contribution in [3.63, 3.8) is 0 Å². The van der Waals surface area contributed by atoms with Gasteiger partial charge < -0.3 is 10.1 Å². The van der Waals surface area contributed by atoms with Crippen LogP contribution in [0.15, 0.2) is 47.9 Å². The summed E-state index contributed by atoms with van der Waals surface area (Å²) in [4.78, 5) is 35.4. The highest BCUT2D eigenvalue weighted by atomic mass is 32.2. The number of para-hydroxylation sites is 1. The Labute approximate surface area is 211 Å². The van der Waals surface area contributed by atoms with Gasteiger partial charge in [0.25, 0.3) is 0 Å². The van der Waals surface area contributed by atoms with E-state index in [0.717, 1.165) is 53.0 Å².